The molecular weight excluding hydrogens is 397 g/mol. The van der Waals surface area contributed by atoms with Crippen molar-refractivity contribution >= 4 is 6.08 Å². The summed E-state index contributed by atoms with van der Waals surface area (Å²) in [7, 11) is 0. The molecule has 1 aliphatic heterocycles. The lowest BCUT2D eigenvalue weighted by atomic mass is 9.94. The summed E-state index contributed by atoms with van der Waals surface area (Å²) < 4.78 is 19.4. The summed E-state index contributed by atoms with van der Waals surface area (Å²) in [6.45, 7) is 3.98. The Kier molecular flexibility index (Phi) is 8.24. The third-order valence-corrected chi connectivity index (χ3v) is 6.27. The zero-order chi connectivity index (χ0) is 22.0. The van der Waals surface area contributed by atoms with Crippen LogP contribution in [0.2, 0.25) is 0 Å². The van der Waals surface area contributed by atoms with Crippen molar-refractivity contribution in [3.63, 3.8) is 0 Å². The summed E-state index contributed by atoms with van der Waals surface area (Å²) in [6.07, 6.45) is 7.79. The lowest BCUT2D eigenvalue weighted by molar-refractivity contribution is 0.0610. The number of nitrogens with zero attached hydrogens (tertiary/aromatic N) is 1. The minimum Gasteiger partial charge on any atom is -0.369 e. The minimum absolute atomic E-state index is 0.00547. The Morgan fingerprint density at radius 1 is 0.844 bits per heavy atom. The molecule has 3 aromatic rings. The van der Waals surface area contributed by atoms with E-state index in [-0.39, 0.29) is 11.9 Å². The van der Waals surface area contributed by atoms with Gasteiger partial charge in [-0.3, -0.25) is 4.90 Å². The average Bonchev–Trinajstić information content (AvgIpc) is 2.85. The largest absolute Gasteiger partial charge is 0.369 e. The second-order valence-electron chi connectivity index (χ2n) is 8.56. The summed E-state index contributed by atoms with van der Waals surface area (Å²) in [6, 6.07) is 27.7. The highest BCUT2D eigenvalue weighted by Crippen LogP contribution is 2.27. The number of hydrogen-bond acceptors (Lipinski definition) is 2. The summed E-state index contributed by atoms with van der Waals surface area (Å²) in [5.41, 5.74) is 3.47. The first-order valence-electron chi connectivity index (χ1n) is 11.6. The molecule has 0 spiro atoms. The molecule has 3 heteroatoms. The first kappa shape index (κ1) is 22.4. The Labute approximate surface area is 191 Å². The number of benzene rings is 3. The first-order chi connectivity index (χ1) is 15.8. The molecule has 166 valence electrons. The van der Waals surface area contributed by atoms with Crippen molar-refractivity contribution in [3.05, 3.63) is 114 Å². The monoisotopic (exact) mass is 429 g/mol. The van der Waals surface area contributed by atoms with Gasteiger partial charge in [-0.25, -0.2) is 4.39 Å². The Morgan fingerprint density at radius 3 is 2.03 bits per heavy atom. The quantitative estimate of drug-likeness (QED) is 0.373. The molecule has 0 atom stereocenters. The zero-order valence-electron chi connectivity index (χ0n) is 18.6. The van der Waals surface area contributed by atoms with Crippen LogP contribution in [0.1, 0.15) is 42.1 Å². The van der Waals surface area contributed by atoms with E-state index in [1.807, 2.05) is 24.3 Å². The van der Waals surface area contributed by atoms with Gasteiger partial charge in [-0.15, -0.1) is 0 Å². The summed E-state index contributed by atoms with van der Waals surface area (Å²) >= 11 is 0. The molecule has 1 aliphatic rings. The number of likely N-dealkylation sites (tertiary alicyclic amines) is 1. The number of hydrogen-bond donors (Lipinski definition) is 0. The summed E-state index contributed by atoms with van der Waals surface area (Å²) in [5.74, 6) is 0.534. The Balaban J connectivity index is 1.21. The third kappa shape index (κ3) is 6.62. The van der Waals surface area contributed by atoms with E-state index in [1.165, 1.54) is 36.1 Å². The van der Waals surface area contributed by atoms with Crippen LogP contribution >= 0.6 is 0 Å². The molecule has 0 aromatic heterocycles. The molecule has 1 saturated heterocycles. The molecule has 0 N–H and O–H groups in total. The maximum atomic E-state index is 13.0. The number of ether oxygens (including phenoxy) is 1. The SMILES string of the molecule is Fc1ccc(/C=C/CN2CCC(CCOC(c3ccccc3)c3ccccc3)CC2)cc1. The minimum atomic E-state index is -0.188. The van der Waals surface area contributed by atoms with Gasteiger partial charge in [-0.1, -0.05) is 84.9 Å². The predicted molar refractivity (Wildman–Crippen MR) is 130 cm³/mol. The van der Waals surface area contributed by atoms with Gasteiger partial charge in [0.15, 0.2) is 0 Å². The van der Waals surface area contributed by atoms with Crippen LogP contribution in [0.5, 0.6) is 0 Å². The van der Waals surface area contributed by atoms with Crippen molar-refractivity contribution in [2.24, 2.45) is 5.92 Å². The number of halogens is 1. The average molecular weight is 430 g/mol. The lowest BCUT2D eigenvalue weighted by Crippen LogP contribution is -2.34. The van der Waals surface area contributed by atoms with Crippen molar-refractivity contribution in [1.29, 1.82) is 0 Å². The second-order valence-corrected chi connectivity index (χ2v) is 8.56. The maximum absolute atomic E-state index is 13.0. The van der Waals surface area contributed by atoms with Crippen molar-refractivity contribution in [2.75, 3.05) is 26.2 Å². The molecule has 0 saturated carbocycles. The standard InChI is InChI=1S/C29H32FNO/c30-28-15-13-24(14-16-28)8-7-20-31-21-17-25(18-22-31)19-23-32-29(26-9-3-1-4-10-26)27-11-5-2-6-12-27/h1-16,25,29H,17-23H2/b8-7+. The van der Waals surface area contributed by atoms with Crippen LogP contribution in [-0.4, -0.2) is 31.1 Å². The van der Waals surface area contributed by atoms with Crippen LogP contribution in [-0.2, 0) is 4.74 Å². The van der Waals surface area contributed by atoms with Gasteiger partial charge in [0.1, 0.15) is 11.9 Å². The van der Waals surface area contributed by atoms with Gasteiger partial charge in [-0.05, 0) is 67.1 Å². The molecule has 32 heavy (non-hydrogen) atoms. The number of rotatable bonds is 9. The highest BCUT2D eigenvalue weighted by atomic mass is 19.1. The van der Waals surface area contributed by atoms with Gasteiger partial charge >= 0.3 is 0 Å². The van der Waals surface area contributed by atoms with Gasteiger partial charge in [0, 0.05) is 13.2 Å². The lowest BCUT2D eigenvalue weighted by Gasteiger charge is -2.31. The Bertz CT molecular complexity index is 908. The molecular formula is C29H32FNO. The Morgan fingerprint density at radius 2 is 1.44 bits per heavy atom. The van der Waals surface area contributed by atoms with Gasteiger partial charge in [0.05, 0.1) is 0 Å². The maximum Gasteiger partial charge on any atom is 0.123 e. The highest BCUT2D eigenvalue weighted by Gasteiger charge is 2.20. The molecule has 1 fully saturated rings. The molecule has 0 aliphatic carbocycles. The van der Waals surface area contributed by atoms with Gasteiger partial charge in [-0.2, -0.15) is 0 Å². The summed E-state index contributed by atoms with van der Waals surface area (Å²) in [5, 5.41) is 0. The van der Waals surface area contributed by atoms with Crippen LogP contribution in [0.15, 0.2) is 91.0 Å². The van der Waals surface area contributed by atoms with E-state index in [4.69, 9.17) is 4.74 Å². The van der Waals surface area contributed by atoms with Crippen LogP contribution in [0.4, 0.5) is 4.39 Å². The van der Waals surface area contributed by atoms with E-state index in [2.05, 4.69) is 65.6 Å². The van der Waals surface area contributed by atoms with E-state index in [1.54, 1.807) is 0 Å². The second kappa shape index (κ2) is 11.8. The van der Waals surface area contributed by atoms with Crippen LogP contribution < -0.4 is 0 Å². The molecule has 1 heterocycles. The topological polar surface area (TPSA) is 12.5 Å². The Hall–Kier alpha value is -2.75. The first-order valence-corrected chi connectivity index (χ1v) is 11.6. The fourth-order valence-corrected chi connectivity index (χ4v) is 4.36. The molecule has 0 radical (unpaired) electrons. The van der Waals surface area contributed by atoms with Gasteiger partial charge in [0.2, 0.25) is 0 Å². The molecule has 4 rings (SSSR count). The summed E-state index contributed by atoms with van der Waals surface area (Å²) in [4.78, 5) is 2.49. The van der Waals surface area contributed by atoms with Crippen LogP contribution in [0.25, 0.3) is 6.08 Å². The molecule has 3 aromatic carbocycles. The van der Waals surface area contributed by atoms with Crippen LogP contribution in [0.3, 0.4) is 0 Å². The van der Waals surface area contributed by atoms with Gasteiger partial charge in [0.25, 0.3) is 0 Å². The van der Waals surface area contributed by atoms with E-state index >= 15 is 0 Å². The van der Waals surface area contributed by atoms with Crippen molar-refractivity contribution in [1.82, 2.24) is 4.90 Å². The van der Waals surface area contributed by atoms with Gasteiger partial charge < -0.3 is 4.74 Å². The van der Waals surface area contributed by atoms with E-state index in [0.29, 0.717) is 0 Å². The smallest absolute Gasteiger partial charge is 0.123 e. The molecule has 2 nitrogen and oxygen atoms in total. The fourth-order valence-electron chi connectivity index (χ4n) is 4.36. The van der Waals surface area contributed by atoms with Crippen LogP contribution in [0, 0.1) is 11.7 Å². The highest BCUT2D eigenvalue weighted by molar-refractivity contribution is 5.48. The molecule has 0 bridgehead atoms. The third-order valence-electron chi connectivity index (χ3n) is 6.27. The zero-order valence-corrected chi connectivity index (χ0v) is 18.6. The normalized spacial score (nSPS) is 15.6. The predicted octanol–water partition coefficient (Wildman–Crippen LogP) is 6.75. The number of piperidine rings is 1. The van der Waals surface area contributed by atoms with Crippen molar-refractivity contribution in [3.8, 4) is 0 Å². The van der Waals surface area contributed by atoms with Crippen molar-refractivity contribution < 1.29 is 9.13 Å². The van der Waals surface area contributed by atoms with E-state index in [9.17, 15) is 4.39 Å². The molecule has 0 unspecified atom stereocenters. The fraction of sp³-hybridized carbons (Fsp3) is 0.310. The van der Waals surface area contributed by atoms with E-state index < -0.39 is 0 Å². The molecule has 0 amide bonds. The van der Waals surface area contributed by atoms with E-state index in [0.717, 1.165) is 44.1 Å². The van der Waals surface area contributed by atoms with Crippen molar-refractivity contribution in [2.45, 2.75) is 25.4 Å².